The number of hydrogen-bond donors (Lipinski definition) is 3. The monoisotopic (exact) mass is 317 g/mol. The Bertz CT molecular complexity index is 678. The van der Waals surface area contributed by atoms with Gasteiger partial charge in [0.25, 0.3) is 0 Å². The third-order valence-electron chi connectivity index (χ3n) is 2.43. The van der Waals surface area contributed by atoms with E-state index in [1.54, 1.807) is 0 Å². The normalized spacial score (nSPS) is 12.2. The number of H-pyrrole nitrogens is 1. The molecule has 0 saturated carbocycles. The number of amides is 1. The van der Waals surface area contributed by atoms with Crippen LogP contribution in [0, 0.1) is 17.5 Å². The van der Waals surface area contributed by atoms with E-state index in [0.29, 0.717) is 0 Å². The van der Waals surface area contributed by atoms with Crippen LogP contribution in [0.5, 0.6) is 0 Å². The largest absolute Gasteiger partial charge is 0.368 e. The summed E-state index contributed by atoms with van der Waals surface area (Å²) in [5.41, 5.74) is 4.89. The fourth-order valence-corrected chi connectivity index (χ4v) is 2.11. The summed E-state index contributed by atoms with van der Waals surface area (Å²) < 4.78 is 39.3. The highest BCUT2D eigenvalue weighted by atomic mass is 32.2. The molecule has 10 heteroatoms. The molecule has 0 unspecified atom stereocenters. The highest BCUT2D eigenvalue weighted by Gasteiger charge is 2.20. The predicted molar refractivity (Wildman–Crippen MR) is 71.1 cm³/mol. The lowest BCUT2D eigenvalue weighted by Crippen LogP contribution is -2.23. The number of thioether (sulfide) groups is 1. The molecule has 1 amide bonds. The molecule has 1 atom stereocenters. The number of nitrogens with one attached hydrogen (secondary N) is 2. The van der Waals surface area contributed by atoms with Gasteiger partial charge < -0.3 is 11.1 Å². The van der Waals surface area contributed by atoms with E-state index < -0.39 is 34.3 Å². The van der Waals surface area contributed by atoms with Crippen LogP contribution in [0.2, 0.25) is 0 Å². The molecule has 0 aliphatic carbocycles. The van der Waals surface area contributed by atoms with Gasteiger partial charge in [-0.25, -0.2) is 18.3 Å². The molecule has 1 aromatic heterocycles. The van der Waals surface area contributed by atoms with Crippen molar-refractivity contribution >= 4 is 29.3 Å². The number of nitrogens with two attached hydrogens (primary N) is 1. The second kappa shape index (κ2) is 6.04. The Morgan fingerprint density at radius 2 is 2.10 bits per heavy atom. The van der Waals surface area contributed by atoms with E-state index in [-0.39, 0.29) is 11.1 Å². The van der Waals surface area contributed by atoms with Gasteiger partial charge in [0.15, 0.2) is 17.5 Å². The number of benzene rings is 1. The summed E-state index contributed by atoms with van der Waals surface area (Å²) in [6.07, 6.45) is 0. The minimum absolute atomic E-state index is 0.0942. The number of rotatable bonds is 4. The summed E-state index contributed by atoms with van der Waals surface area (Å²) in [4.78, 5) is 15.7. The smallest absolute Gasteiger partial charge is 0.237 e. The van der Waals surface area contributed by atoms with Crippen LogP contribution in [0.3, 0.4) is 0 Å². The highest BCUT2D eigenvalue weighted by Crippen LogP contribution is 2.23. The average Bonchev–Trinajstić information content (AvgIpc) is 2.84. The third kappa shape index (κ3) is 3.45. The maximum Gasteiger partial charge on any atom is 0.237 e. The number of nitrogen functional groups attached to an aromatic ring is 1. The van der Waals surface area contributed by atoms with Crippen LogP contribution in [-0.4, -0.2) is 26.3 Å². The summed E-state index contributed by atoms with van der Waals surface area (Å²) >= 11 is 0.969. The summed E-state index contributed by atoms with van der Waals surface area (Å²) in [5.74, 6) is -4.95. The van der Waals surface area contributed by atoms with Crippen LogP contribution in [-0.2, 0) is 4.79 Å². The van der Waals surface area contributed by atoms with Gasteiger partial charge in [-0.15, -0.1) is 5.10 Å². The Hall–Kier alpha value is -2.23. The minimum Gasteiger partial charge on any atom is -0.368 e. The molecule has 0 radical (unpaired) electrons. The number of carbonyl (C=O) groups excluding carboxylic acids is 1. The molecule has 2 rings (SSSR count). The van der Waals surface area contributed by atoms with Gasteiger partial charge in [0.1, 0.15) is 0 Å². The van der Waals surface area contributed by atoms with Gasteiger partial charge in [-0.2, -0.15) is 4.98 Å². The molecule has 1 heterocycles. The Labute approximate surface area is 121 Å². The molecule has 0 fully saturated rings. The van der Waals surface area contributed by atoms with Crippen molar-refractivity contribution in [2.45, 2.75) is 17.3 Å². The molecule has 112 valence electrons. The van der Waals surface area contributed by atoms with E-state index in [1.165, 1.54) is 6.92 Å². The number of nitrogens with zero attached hydrogens (tertiary/aromatic N) is 2. The molecule has 0 spiro atoms. The Kier molecular flexibility index (Phi) is 4.36. The molecular formula is C11H10F3N5OS. The van der Waals surface area contributed by atoms with Gasteiger partial charge in [0.2, 0.25) is 17.0 Å². The molecular weight excluding hydrogens is 307 g/mol. The number of hydrogen-bond acceptors (Lipinski definition) is 5. The Morgan fingerprint density at radius 1 is 1.38 bits per heavy atom. The lowest BCUT2D eigenvalue weighted by atomic mass is 10.2. The van der Waals surface area contributed by atoms with E-state index in [1.807, 2.05) is 0 Å². The van der Waals surface area contributed by atoms with Crippen LogP contribution < -0.4 is 11.1 Å². The van der Waals surface area contributed by atoms with Gasteiger partial charge >= 0.3 is 0 Å². The van der Waals surface area contributed by atoms with Crippen LogP contribution in [0.1, 0.15) is 6.92 Å². The molecule has 1 aromatic carbocycles. The summed E-state index contributed by atoms with van der Waals surface area (Å²) in [7, 11) is 0. The zero-order chi connectivity index (χ0) is 15.6. The second-order valence-corrected chi connectivity index (χ2v) is 5.28. The van der Waals surface area contributed by atoms with Gasteiger partial charge in [-0.05, 0) is 19.1 Å². The molecule has 0 bridgehead atoms. The van der Waals surface area contributed by atoms with E-state index >= 15 is 0 Å². The maximum atomic E-state index is 13.4. The molecule has 0 aliphatic rings. The van der Waals surface area contributed by atoms with Crippen LogP contribution in [0.25, 0.3) is 0 Å². The van der Waals surface area contributed by atoms with Crippen LogP contribution >= 0.6 is 11.8 Å². The number of carbonyl (C=O) groups is 1. The van der Waals surface area contributed by atoms with Crippen molar-refractivity contribution < 1.29 is 18.0 Å². The molecule has 4 N–H and O–H groups in total. The number of halogens is 3. The van der Waals surface area contributed by atoms with Gasteiger partial charge in [0.05, 0.1) is 10.9 Å². The Morgan fingerprint density at radius 3 is 2.71 bits per heavy atom. The van der Waals surface area contributed by atoms with Crippen LogP contribution in [0.15, 0.2) is 17.3 Å². The second-order valence-electron chi connectivity index (χ2n) is 3.98. The first-order valence-electron chi connectivity index (χ1n) is 5.67. The molecule has 0 aliphatic heterocycles. The molecule has 2 aromatic rings. The van der Waals surface area contributed by atoms with Crippen molar-refractivity contribution in [1.82, 2.24) is 15.2 Å². The zero-order valence-corrected chi connectivity index (χ0v) is 11.5. The standard InChI is InChI=1S/C11H10F3N5OS/c1-4(21-11-17-10(15)18-19-11)9(20)16-6-3-2-5(12)7(13)8(6)14/h2-4H,1H3,(H,16,20)(H3,15,17,18,19)/t4-/m1/s1. The van der Waals surface area contributed by atoms with Crippen molar-refractivity contribution in [2.75, 3.05) is 11.1 Å². The van der Waals surface area contributed by atoms with E-state index in [2.05, 4.69) is 20.5 Å². The van der Waals surface area contributed by atoms with E-state index in [9.17, 15) is 18.0 Å². The molecule has 6 nitrogen and oxygen atoms in total. The zero-order valence-electron chi connectivity index (χ0n) is 10.7. The SMILES string of the molecule is C[C@@H](Sc1n[nH]c(N)n1)C(=O)Nc1ccc(F)c(F)c1F. The van der Waals surface area contributed by atoms with Gasteiger partial charge in [-0.3, -0.25) is 4.79 Å². The Balaban J connectivity index is 2.05. The van der Waals surface area contributed by atoms with Gasteiger partial charge in [-0.1, -0.05) is 11.8 Å². The van der Waals surface area contributed by atoms with Crippen molar-refractivity contribution in [2.24, 2.45) is 0 Å². The van der Waals surface area contributed by atoms with Crippen molar-refractivity contribution in [3.05, 3.63) is 29.6 Å². The quantitative estimate of drug-likeness (QED) is 0.591. The molecule has 0 saturated heterocycles. The summed E-state index contributed by atoms with van der Waals surface area (Å²) in [6.45, 7) is 1.52. The minimum atomic E-state index is -1.64. The lowest BCUT2D eigenvalue weighted by Gasteiger charge is -2.11. The molecule has 21 heavy (non-hydrogen) atoms. The first-order valence-corrected chi connectivity index (χ1v) is 6.55. The van der Waals surface area contributed by atoms with Crippen molar-refractivity contribution in [3.63, 3.8) is 0 Å². The first kappa shape index (κ1) is 15.2. The predicted octanol–water partition coefficient (Wildman–Crippen LogP) is 1.92. The van der Waals surface area contributed by atoms with E-state index in [4.69, 9.17) is 5.73 Å². The fraction of sp³-hybridized carbons (Fsp3) is 0.182. The van der Waals surface area contributed by atoms with Crippen molar-refractivity contribution in [3.8, 4) is 0 Å². The summed E-state index contributed by atoms with van der Waals surface area (Å²) in [6, 6.07) is 1.66. The maximum absolute atomic E-state index is 13.4. The lowest BCUT2D eigenvalue weighted by molar-refractivity contribution is -0.115. The third-order valence-corrected chi connectivity index (χ3v) is 3.39. The highest BCUT2D eigenvalue weighted by molar-refractivity contribution is 8.00. The number of aromatic nitrogens is 3. The summed E-state index contributed by atoms with van der Waals surface area (Å²) in [5, 5.41) is 7.83. The topological polar surface area (TPSA) is 96.7 Å². The first-order chi connectivity index (χ1) is 9.88. The van der Waals surface area contributed by atoms with Gasteiger partial charge in [0, 0.05) is 0 Å². The van der Waals surface area contributed by atoms with E-state index in [0.717, 1.165) is 23.9 Å². The fourth-order valence-electron chi connectivity index (χ4n) is 1.38. The average molecular weight is 317 g/mol. The number of anilines is 2. The number of aromatic amines is 1. The van der Waals surface area contributed by atoms with Crippen LogP contribution in [0.4, 0.5) is 24.8 Å². The van der Waals surface area contributed by atoms with Crippen molar-refractivity contribution in [1.29, 1.82) is 0 Å².